The van der Waals surface area contributed by atoms with Crippen molar-refractivity contribution in [3.63, 3.8) is 0 Å². The van der Waals surface area contributed by atoms with Crippen molar-refractivity contribution >= 4 is 27.6 Å². The second kappa shape index (κ2) is 13.1. The van der Waals surface area contributed by atoms with Crippen LogP contribution in [-0.4, -0.2) is 92.6 Å². The Kier molecular flexibility index (Phi) is 9.73. The fourth-order valence-corrected chi connectivity index (χ4v) is 6.64. The number of anilines is 1. The zero-order chi connectivity index (χ0) is 31.5. The Morgan fingerprint density at radius 1 is 1.07 bits per heavy atom. The summed E-state index contributed by atoms with van der Waals surface area (Å²) in [6.07, 6.45) is -0.658. The van der Waals surface area contributed by atoms with E-state index in [9.17, 15) is 27.5 Å². The van der Waals surface area contributed by atoms with Crippen LogP contribution in [0.2, 0.25) is 0 Å². The van der Waals surface area contributed by atoms with Crippen LogP contribution in [0, 0.1) is 11.7 Å². The molecule has 2 N–H and O–H groups in total. The molecule has 230 valence electrons. The number of halogens is 1. The number of rotatable bonds is 7. The summed E-state index contributed by atoms with van der Waals surface area (Å²) in [5.74, 6) is -1.02. The number of nitrogens with zero attached hydrogens (tertiary/aromatic N) is 3. The highest BCUT2D eigenvalue weighted by molar-refractivity contribution is 7.89. The second-order valence-electron chi connectivity index (χ2n) is 11.0. The highest BCUT2D eigenvalue weighted by Gasteiger charge is 2.38. The lowest BCUT2D eigenvalue weighted by Crippen LogP contribution is -2.50. The Morgan fingerprint density at radius 2 is 1.72 bits per heavy atom. The topological polar surface area (TPSA) is 119 Å². The van der Waals surface area contributed by atoms with Crippen molar-refractivity contribution in [2.24, 2.45) is 5.92 Å². The van der Waals surface area contributed by atoms with Gasteiger partial charge in [-0.2, -0.15) is 4.31 Å². The molecule has 4 rings (SSSR count). The van der Waals surface area contributed by atoms with Gasteiger partial charge in [-0.25, -0.2) is 17.6 Å². The molecule has 1 heterocycles. The molecular weight excluding hydrogens is 575 g/mol. The highest BCUT2D eigenvalue weighted by Crippen LogP contribution is 2.36. The van der Waals surface area contributed by atoms with Crippen molar-refractivity contribution in [3.05, 3.63) is 78.1 Å². The van der Waals surface area contributed by atoms with Crippen molar-refractivity contribution in [3.8, 4) is 16.9 Å². The maximum absolute atomic E-state index is 14.1. The van der Waals surface area contributed by atoms with E-state index in [-0.39, 0.29) is 41.9 Å². The van der Waals surface area contributed by atoms with E-state index in [0.717, 1.165) is 5.56 Å². The lowest BCUT2D eigenvalue weighted by Gasteiger charge is -2.37. The van der Waals surface area contributed by atoms with E-state index in [4.69, 9.17) is 4.74 Å². The minimum atomic E-state index is -4.06. The first kappa shape index (κ1) is 31.9. The zero-order valence-corrected chi connectivity index (χ0v) is 25.6. The van der Waals surface area contributed by atoms with Crippen LogP contribution in [0.1, 0.15) is 24.2 Å². The number of benzene rings is 3. The number of carbonyl (C=O) groups excluding carboxylic acids is 2. The average Bonchev–Trinajstić information content (AvgIpc) is 2.99. The van der Waals surface area contributed by atoms with Crippen LogP contribution in [-0.2, 0) is 10.0 Å². The van der Waals surface area contributed by atoms with E-state index in [1.165, 1.54) is 38.4 Å². The summed E-state index contributed by atoms with van der Waals surface area (Å²) in [5.41, 5.74) is 1.95. The van der Waals surface area contributed by atoms with E-state index in [1.54, 1.807) is 70.5 Å². The number of sulfonamides is 1. The minimum absolute atomic E-state index is 0.0355. The largest absolute Gasteiger partial charge is 0.487 e. The van der Waals surface area contributed by atoms with E-state index >= 15 is 0 Å². The number of nitrogens with one attached hydrogen (secondary N) is 1. The molecule has 0 radical (unpaired) electrons. The molecule has 0 saturated heterocycles. The summed E-state index contributed by atoms with van der Waals surface area (Å²) in [7, 11) is 0.820. The smallest absolute Gasteiger partial charge is 0.321 e. The van der Waals surface area contributed by atoms with E-state index in [0.29, 0.717) is 11.1 Å². The summed E-state index contributed by atoms with van der Waals surface area (Å²) >= 11 is 0. The standard InChI is InChI=1S/C31H37FN4O6S/c1-20-17-36(21(2)19-37)43(40,41)29-15-14-24(22-10-12-23(13-11-22)30(38)34(3)4)16-27(29)42-28(20)18-35(5)31(39)33-26-9-7-6-8-25(26)32/h6-16,20-21,28,37H,17-19H2,1-5H3,(H,33,39)/t20-,21+,28-/m1/s1. The number of fused-ring (bicyclic) bond motifs is 1. The van der Waals surface area contributed by atoms with Crippen LogP contribution in [0.5, 0.6) is 5.75 Å². The Balaban J connectivity index is 1.69. The molecule has 3 atom stereocenters. The van der Waals surface area contributed by atoms with Gasteiger partial charge in [0, 0.05) is 45.2 Å². The van der Waals surface area contributed by atoms with Crippen molar-refractivity contribution in [1.82, 2.24) is 14.1 Å². The average molecular weight is 613 g/mol. The van der Waals surface area contributed by atoms with Gasteiger partial charge in [-0.05, 0) is 54.4 Å². The number of ether oxygens (including phenoxy) is 1. The van der Waals surface area contributed by atoms with Gasteiger partial charge in [0.05, 0.1) is 18.8 Å². The van der Waals surface area contributed by atoms with Crippen molar-refractivity contribution in [2.45, 2.75) is 30.9 Å². The maximum Gasteiger partial charge on any atom is 0.321 e. The third kappa shape index (κ3) is 6.98. The number of likely N-dealkylation sites (N-methyl/N-ethyl adjacent to an activating group) is 1. The fraction of sp³-hybridized carbons (Fsp3) is 0.355. The molecule has 0 bridgehead atoms. The lowest BCUT2D eigenvalue weighted by atomic mass is 10.0. The van der Waals surface area contributed by atoms with Gasteiger partial charge in [-0.1, -0.05) is 37.3 Å². The SMILES string of the molecule is C[C@@H]1CN([C@@H](C)CO)S(=O)(=O)c2ccc(-c3ccc(C(=O)N(C)C)cc3)cc2O[C@@H]1CN(C)C(=O)Nc1ccccc1F. The molecule has 3 aromatic carbocycles. The van der Waals surface area contributed by atoms with Crippen LogP contribution in [0.15, 0.2) is 71.6 Å². The van der Waals surface area contributed by atoms with Crippen LogP contribution < -0.4 is 10.1 Å². The molecule has 12 heteroatoms. The normalized spacial score (nSPS) is 18.8. The first-order valence-electron chi connectivity index (χ1n) is 13.9. The number of amides is 3. The van der Waals surface area contributed by atoms with Gasteiger partial charge < -0.3 is 25.0 Å². The van der Waals surface area contributed by atoms with Crippen LogP contribution in [0.4, 0.5) is 14.9 Å². The molecule has 10 nitrogen and oxygen atoms in total. The van der Waals surface area contributed by atoms with Crippen LogP contribution in [0.3, 0.4) is 0 Å². The van der Waals surface area contributed by atoms with Crippen LogP contribution >= 0.6 is 0 Å². The van der Waals surface area contributed by atoms with E-state index in [1.807, 2.05) is 6.92 Å². The molecule has 0 aromatic heterocycles. The van der Waals surface area contributed by atoms with Crippen molar-refractivity contribution in [2.75, 3.05) is 46.2 Å². The molecule has 3 aromatic rings. The predicted molar refractivity (Wildman–Crippen MR) is 162 cm³/mol. The van der Waals surface area contributed by atoms with Gasteiger partial charge in [0.25, 0.3) is 5.91 Å². The first-order valence-corrected chi connectivity index (χ1v) is 15.3. The molecule has 0 spiro atoms. The number of para-hydroxylation sites is 1. The Bertz CT molecular complexity index is 1580. The number of urea groups is 1. The number of aliphatic hydroxyl groups is 1. The first-order chi connectivity index (χ1) is 20.3. The molecule has 1 aliphatic rings. The monoisotopic (exact) mass is 612 g/mol. The number of hydrogen-bond acceptors (Lipinski definition) is 6. The quantitative estimate of drug-likeness (QED) is 0.414. The van der Waals surface area contributed by atoms with Gasteiger partial charge in [0.1, 0.15) is 22.6 Å². The summed E-state index contributed by atoms with van der Waals surface area (Å²) < 4.78 is 49.4. The summed E-state index contributed by atoms with van der Waals surface area (Å²) in [5, 5.41) is 12.4. The summed E-state index contributed by atoms with van der Waals surface area (Å²) in [6, 6.07) is 16.3. The third-order valence-electron chi connectivity index (χ3n) is 7.45. The molecule has 0 fully saturated rings. The van der Waals surface area contributed by atoms with Gasteiger partial charge in [-0.3, -0.25) is 4.79 Å². The zero-order valence-electron chi connectivity index (χ0n) is 24.8. The fourth-order valence-electron chi connectivity index (χ4n) is 4.81. The molecule has 43 heavy (non-hydrogen) atoms. The van der Waals surface area contributed by atoms with Gasteiger partial charge >= 0.3 is 6.03 Å². The van der Waals surface area contributed by atoms with Gasteiger partial charge in [-0.15, -0.1) is 0 Å². The van der Waals surface area contributed by atoms with Gasteiger partial charge in [0.2, 0.25) is 10.0 Å². The lowest BCUT2D eigenvalue weighted by molar-refractivity contribution is 0.0827. The molecule has 0 unspecified atom stereocenters. The van der Waals surface area contributed by atoms with E-state index in [2.05, 4.69) is 5.32 Å². The van der Waals surface area contributed by atoms with Crippen molar-refractivity contribution in [1.29, 1.82) is 0 Å². The molecular formula is C31H37FN4O6S. The number of hydrogen-bond donors (Lipinski definition) is 2. The number of aliphatic hydroxyl groups excluding tert-OH is 1. The summed E-state index contributed by atoms with van der Waals surface area (Å²) in [4.78, 5) is 28.0. The molecule has 0 saturated carbocycles. The molecule has 3 amide bonds. The molecule has 0 aliphatic carbocycles. The van der Waals surface area contributed by atoms with Gasteiger partial charge in [0.15, 0.2) is 0 Å². The summed E-state index contributed by atoms with van der Waals surface area (Å²) in [6.45, 7) is 3.16. The predicted octanol–water partition coefficient (Wildman–Crippen LogP) is 4.13. The maximum atomic E-state index is 14.1. The Hall–Kier alpha value is -4.00. The third-order valence-corrected chi connectivity index (χ3v) is 9.47. The Morgan fingerprint density at radius 3 is 2.35 bits per heavy atom. The minimum Gasteiger partial charge on any atom is -0.487 e. The van der Waals surface area contributed by atoms with Crippen molar-refractivity contribution < 1.29 is 32.2 Å². The van der Waals surface area contributed by atoms with E-state index < -0.39 is 39.9 Å². The molecule has 1 aliphatic heterocycles. The van der Waals surface area contributed by atoms with Crippen LogP contribution in [0.25, 0.3) is 11.1 Å². The second-order valence-corrected chi connectivity index (χ2v) is 12.8. The number of carbonyl (C=O) groups is 2. The Labute approximate surface area is 251 Å². The highest BCUT2D eigenvalue weighted by atomic mass is 32.2.